The van der Waals surface area contributed by atoms with Crippen LogP contribution in [0.5, 0.6) is 0 Å². The summed E-state index contributed by atoms with van der Waals surface area (Å²) >= 11 is 4.29. The average molecular weight is 592 g/mol. The SMILES string of the molecule is CCc1cccc2c(/C=C3\SC(=O)N(CC(=O)Nc4ccc(F)cc4)C3=O)cn(Cc3ccc(Br)cc3)c12. The summed E-state index contributed by atoms with van der Waals surface area (Å²) in [6, 6.07) is 19.5. The van der Waals surface area contributed by atoms with Gasteiger partial charge in [-0.3, -0.25) is 19.3 Å². The summed E-state index contributed by atoms with van der Waals surface area (Å²) in [5.74, 6) is -1.49. The van der Waals surface area contributed by atoms with Gasteiger partial charge < -0.3 is 9.88 Å². The molecule has 192 valence electrons. The van der Waals surface area contributed by atoms with Gasteiger partial charge >= 0.3 is 0 Å². The van der Waals surface area contributed by atoms with Crippen LogP contribution >= 0.6 is 27.7 Å². The van der Waals surface area contributed by atoms with Crippen molar-refractivity contribution in [2.24, 2.45) is 0 Å². The highest BCUT2D eigenvalue weighted by Crippen LogP contribution is 2.35. The Morgan fingerprint density at radius 2 is 1.79 bits per heavy atom. The monoisotopic (exact) mass is 591 g/mol. The number of amides is 3. The number of anilines is 1. The van der Waals surface area contributed by atoms with E-state index in [1.54, 1.807) is 6.08 Å². The zero-order valence-corrected chi connectivity index (χ0v) is 22.8. The number of fused-ring (bicyclic) bond motifs is 1. The molecule has 1 N–H and O–H groups in total. The molecule has 1 saturated heterocycles. The Hall–Kier alpha value is -3.69. The predicted octanol–water partition coefficient (Wildman–Crippen LogP) is 6.83. The number of carbonyl (C=O) groups is 3. The molecule has 3 amide bonds. The van der Waals surface area contributed by atoms with Crippen molar-refractivity contribution in [3.8, 4) is 0 Å². The molecule has 2 heterocycles. The number of aryl methyl sites for hydroxylation is 1. The number of imide groups is 1. The van der Waals surface area contributed by atoms with Gasteiger partial charge in [0.15, 0.2) is 0 Å². The van der Waals surface area contributed by atoms with Gasteiger partial charge in [0.25, 0.3) is 11.1 Å². The molecule has 1 fully saturated rings. The lowest BCUT2D eigenvalue weighted by molar-refractivity contribution is -0.127. The van der Waals surface area contributed by atoms with Crippen molar-refractivity contribution < 1.29 is 18.8 Å². The minimum atomic E-state index is -0.543. The van der Waals surface area contributed by atoms with E-state index in [-0.39, 0.29) is 4.91 Å². The van der Waals surface area contributed by atoms with E-state index in [2.05, 4.69) is 50.9 Å². The first-order valence-corrected chi connectivity index (χ1v) is 13.6. The molecule has 3 aromatic carbocycles. The molecule has 0 atom stereocenters. The lowest BCUT2D eigenvalue weighted by Crippen LogP contribution is -2.36. The van der Waals surface area contributed by atoms with Crippen LogP contribution in [0.3, 0.4) is 0 Å². The molecule has 1 aliphatic rings. The Balaban J connectivity index is 1.41. The fraction of sp³-hybridized carbons (Fsp3) is 0.138. The molecule has 0 spiro atoms. The van der Waals surface area contributed by atoms with Gasteiger partial charge in [-0.1, -0.05) is 53.2 Å². The Bertz CT molecular complexity index is 1580. The number of hydrogen-bond acceptors (Lipinski definition) is 4. The van der Waals surface area contributed by atoms with Crippen LogP contribution in [0.15, 0.2) is 82.3 Å². The highest BCUT2D eigenvalue weighted by atomic mass is 79.9. The summed E-state index contributed by atoms with van der Waals surface area (Å²) in [7, 11) is 0. The molecule has 1 aromatic heterocycles. The van der Waals surface area contributed by atoms with Gasteiger partial charge in [0, 0.05) is 33.9 Å². The molecule has 6 nitrogen and oxygen atoms in total. The van der Waals surface area contributed by atoms with E-state index in [0.29, 0.717) is 12.2 Å². The van der Waals surface area contributed by atoms with Crippen LogP contribution in [0.25, 0.3) is 17.0 Å². The van der Waals surface area contributed by atoms with E-state index in [1.807, 2.05) is 30.5 Å². The molecule has 9 heteroatoms. The molecule has 4 aromatic rings. The quantitative estimate of drug-likeness (QED) is 0.239. The Labute approximate surface area is 231 Å². The highest BCUT2D eigenvalue weighted by molar-refractivity contribution is 9.10. The number of hydrogen-bond donors (Lipinski definition) is 1. The third-order valence-electron chi connectivity index (χ3n) is 6.25. The fourth-order valence-electron chi connectivity index (χ4n) is 4.43. The van der Waals surface area contributed by atoms with Crippen LogP contribution in [0.4, 0.5) is 14.9 Å². The maximum atomic E-state index is 13.1. The molecule has 0 bridgehead atoms. The maximum absolute atomic E-state index is 13.1. The molecular weight excluding hydrogens is 569 g/mol. The van der Waals surface area contributed by atoms with Crippen LogP contribution in [0.1, 0.15) is 23.6 Å². The first kappa shape index (κ1) is 25.9. The summed E-state index contributed by atoms with van der Waals surface area (Å²) in [5, 5.41) is 3.06. The van der Waals surface area contributed by atoms with Gasteiger partial charge in [-0.05, 0) is 71.8 Å². The molecule has 0 saturated carbocycles. The number of nitrogens with one attached hydrogen (secondary N) is 1. The van der Waals surface area contributed by atoms with E-state index in [9.17, 15) is 18.8 Å². The van der Waals surface area contributed by atoms with Gasteiger partial charge in [-0.2, -0.15) is 0 Å². The van der Waals surface area contributed by atoms with Crippen LogP contribution in [-0.4, -0.2) is 33.1 Å². The normalized spacial score (nSPS) is 14.6. The molecule has 1 aliphatic heterocycles. The van der Waals surface area contributed by atoms with Gasteiger partial charge in [-0.25, -0.2) is 4.39 Å². The van der Waals surface area contributed by atoms with E-state index in [1.165, 1.54) is 29.8 Å². The van der Waals surface area contributed by atoms with Crippen LogP contribution in [0.2, 0.25) is 0 Å². The van der Waals surface area contributed by atoms with Gasteiger partial charge in [-0.15, -0.1) is 0 Å². The van der Waals surface area contributed by atoms with Crippen molar-refractivity contribution in [1.29, 1.82) is 0 Å². The largest absolute Gasteiger partial charge is 0.342 e. The number of rotatable bonds is 7. The Kier molecular flexibility index (Phi) is 7.49. The third-order valence-corrected chi connectivity index (χ3v) is 7.69. The second kappa shape index (κ2) is 11.0. The number of aromatic nitrogens is 1. The standard InChI is InChI=1S/C29H23BrFN3O3S/c1-2-19-4-3-5-24-20(16-33(27(19)24)15-18-6-8-21(30)9-7-18)14-25-28(36)34(29(37)38-25)17-26(35)32-23-12-10-22(31)11-13-23/h3-14,16H,2,15,17H2,1H3,(H,32,35)/b25-14-. The summed E-state index contributed by atoms with van der Waals surface area (Å²) in [6.45, 7) is 2.33. The number of thioether (sulfide) groups is 1. The smallest absolute Gasteiger partial charge is 0.294 e. The van der Waals surface area contributed by atoms with Gasteiger partial charge in [0.1, 0.15) is 12.4 Å². The van der Waals surface area contributed by atoms with E-state index < -0.39 is 29.4 Å². The summed E-state index contributed by atoms with van der Waals surface area (Å²) in [5.41, 5.74) is 4.61. The predicted molar refractivity (Wildman–Crippen MR) is 152 cm³/mol. The third kappa shape index (κ3) is 5.44. The fourth-order valence-corrected chi connectivity index (χ4v) is 5.53. The summed E-state index contributed by atoms with van der Waals surface area (Å²) in [4.78, 5) is 39.4. The maximum Gasteiger partial charge on any atom is 0.294 e. The van der Waals surface area contributed by atoms with Crippen molar-refractivity contribution in [2.75, 3.05) is 11.9 Å². The van der Waals surface area contributed by atoms with Crippen molar-refractivity contribution in [1.82, 2.24) is 9.47 Å². The molecular formula is C29H23BrFN3O3S. The Morgan fingerprint density at radius 3 is 2.50 bits per heavy atom. The van der Waals surface area contributed by atoms with Crippen molar-refractivity contribution in [3.05, 3.63) is 105 Å². The summed E-state index contributed by atoms with van der Waals surface area (Å²) < 4.78 is 16.3. The molecule has 0 unspecified atom stereocenters. The summed E-state index contributed by atoms with van der Waals surface area (Å²) in [6.07, 6.45) is 4.57. The van der Waals surface area contributed by atoms with Gasteiger partial charge in [0.2, 0.25) is 5.91 Å². The van der Waals surface area contributed by atoms with Gasteiger partial charge in [0.05, 0.1) is 10.4 Å². The molecule has 0 aliphatic carbocycles. The number of carbonyl (C=O) groups excluding carboxylic acids is 3. The number of nitrogens with zero attached hydrogens (tertiary/aromatic N) is 2. The molecule has 38 heavy (non-hydrogen) atoms. The highest BCUT2D eigenvalue weighted by Gasteiger charge is 2.36. The van der Waals surface area contributed by atoms with Crippen LogP contribution in [0, 0.1) is 5.82 Å². The minimum absolute atomic E-state index is 0.258. The van der Waals surface area contributed by atoms with Crippen LogP contribution in [-0.2, 0) is 22.6 Å². The second-order valence-corrected chi connectivity index (χ2v) is 10.7. The zero-order chi connectivity index (χ0) is 26.8. The molecule has 5 rings (SSSR count). The van der Waals surface area contributed by atoms with Crippen LogP contribution < -0.4 is 5.32 Å². The van der Waals surface area contributed by atoms with E-state index in [0.717, 1.165) is 49.6 Å². The number of halogens is 2. The topological polar surface area (TPSA) is 71.4 Å². The average Bonchev–Trinajstić information content (AvgIpc) is 3.38. The van der Waals surface area contributed by atoms with Crippen molar-refractivity contribution in [3.63, 3.8) is 0 Å². The lowest BCUT2D eigenvalue weighted by atomic mass is 10.1. The van der Waals surface area contributed by atoms with E-state index >= 15 is 0 Å². The number of para-hydroxylation sites is 1. The first-order valence-electron chi connectivity index (χ1n) is 12.0. The second-order valence-electron chi connectivity index (χ2n) is 8.83. The minimum Gasteiger partial charge on any atom is -0.342 e. The number of benzene rings is 3. The molecule has 0 radical (unpaired) electrons. The first-order chi connectivity index (χ1) is 18.3. The lowest BCUT2D eigenvalue weighted by Gasteiger charge is -2.12. The van der Waals surface area contributed by atoms with Crippen molar-refractivity contribution >= 4 is 67.4 Å². The Morgan fingerprint density at radius 1 is 1.05 bits per heavy atom. The van der Waals surface area contributed by atoms with E-state index in [4.69, 9.17) is 0 Å². The zero-order valence-electron chi connectivity index (χ0n) is 20.4. The van der Waals surface area contributed by atoms with Crippen molar-refractivity contribution in [2.45, 2.75) is 19.9 Å².